The molecule has 1 aromatic heterocycles. The van der Waals surface area contributed by atoms with Gasteiger partial charge in [-0.15, -0.1) is 0 Å². The number of carbonyl (C=O) groups is 1. The summed E-state index contributed by atoms with van der Waals surface area (Å²) in [5.74, 6) is -0.0293. The zero-order chi connectivity index (χ0) is 21.8. The Kier molecular flexibility index (Phi) is 4.71. The fraction of sp³-hybridized carbons (Fsp3) is 0.333. The van der Waals surface area contributed by atoms with Crippen LogP contribution in [0.3, 0.4) is 0 Å². The van der Waals surface area contributed by atoms with Gasteiger partial charge in [-0.3, -0.25) is 4.90 Å². The summed E-state index contributed by atoms with van der Waals surface area (Å²) >= 11 is 0. The third-order valence-corrected chi connectivity index (χ3v) is 7.36. The first-order valence-electron chi connectivity index (χ1n) is 10.1. The number of nitrogens with one attached hydrogen (secondary N) is 1. The molecule has 8 nitrogen and oxygen atoms in total. The summed E-state index contributed by atoms with van der Waals surface area (Å²) in [6.45, 7) is 2.24. The van der Waals surface area contributed by atoms with Crippen LogP contribution in [0.1, 0.15) is 13.3 Å². The summed E-state index contributed by atoms with van der Waals surface area (Å²) in [4.78, 5) is 16.3. The number of benzene rings is 2. The zero-order valence-electron chi connectivity index (χ0n) is 16.8. The lowest BCUT2D eigenvalue weighted by molar-refractivity contribution is 0.218. The topological polar surface area (TPSA) is 95.7 Å². The van der Waals surface area contributed by atoms with Crippen LogP contribution in [0.15, 0.2) is 47.0 Å². The lowest BCUT2D eigenvalue weighted by atomic mass is 10.0. The van der Waals surface area contributed by atoms with Crippen molar-refractivity contribution in [3.05, 3.63) is 48.3 Å². The van der Waals surface area contributed by atoms with E-state index >= 15 is 0 Å². The molecule has 3 aromatic rings. The maximum absolute atomic E-state index is 14.5. The Balaban J connectivity index is 1.47. The minimum Gasteiger partial charge on any atom is -0.354 e. The lowest BCUT2D eigenvalue weighted by Gasteiger charge is -2.18. The van der Waals surface area contributed by atoms with E-state index in [0.717, 1.165) is 0 Å². The number of urea groups is 1. The summed E-state index contributed by atoms with van der Waals surface area (Å²) in [6, 6.07) is 11.0. The van der Waals surface area contributed by atoms with Crippen LogP contribution in [-0.4, -0.2) is 55.4 Å². The van der Waals surface area contributed by atoms with E-state index in [9.17, 15) is 17.6 Å². The van der Waals surface area contributed by atoms with Gasteiger partial charge in [0.15, 0.2) is 11.4 Å². The number of hydrogen-bond donors (Lipinski definition) is 1. The first kappa shape index (κ1) is 20.0. The molecular weight excluding hydrogens is 423 g/mol. The summed E-state index contributed by atoms with van der Waals surface area (Å²) < 4.78 is 46.4. The van der Waals surface area contributed by atoms with Crippen molar-refractivity contribution in [2.75, 3.05) is 23.7 Å². The summed E-state index contributed by atoms with van der Waals surface area (Å²) in [7, 11) is -3.34. The van der Waals surface area contributed by atoms with Crippen LogP contribution < -0.4 is 9.62 Å². The van der Waals surface area contributed by atoms with Gasteiger partial charge in [0, 0.05) is 24.7 Å². The number of rotatable bonds is 5. The predicted octanol–water partition coefficient (Wildman–Crippen LogP) is 2.96. The van der Waals surface area contributed by atoms with E-state index in [1.807, 2.05) is 0 Å². The molecule has 1 N–H and O–H groups in total. The van der Waals surface area contributed by atoms with Gasteiger partial charge in [-0.25, -0.2) is 22.3 Å². The van der Waals surface area contributed by atoms with Crippen LogP contribution in [0.4, 0.5) is 15.0 Å². The molecule has 2 aliphatic rings. The third-order valence-electron chi connectivity index (χ3n) is 5.91. The molecule has 2 saturated heterocycles. The second-order valence-corrected chi connectivity index (χ2v) is 9.86. The Hall–Kier alpha value is -2.98. The first-order valence-corrected chi connectivity index (χ1v) is 11.7. The highest BCUT2D eigenvalue weighted by atomic mass is 32.2. The zero-order valence-corrected chi connectivity index (χ0v) is 17.6. The molecule has 31 heavy (non-hydrogen) atoms. The van der Waals surface area contributed by atoms with Crippen LogP contribution in [0.5, 0.6) is 0 Å². The van der Waals surface area contributed by atoms with Crippen LogP contribution in [-0.2, 0) is 10.0 Å². The molecule has 2 amide bonds. The molecule has 5 rings (SSSR count). The predicted molar refractivity (Wildman–Crippen MR) is 114 cm³/mol. The Morgan fingerprint density at radius 1 is 1.16 bits per heavy atom. The number of aromatic nitrogens is 1. The molecule has 3 heterocycles. The van der Waals surface area contributed by atoms with E-state index in [1.54, 1.807) is 48.2 Å². The second-order valence-electron chi connectivity index (χ2n) is 7.82. The van der Waals surface area contributed by atoms with E-state index in [4.69, 9.17) is 4.52 Å². The molecule has 0 unspecified atom stereocenters. The highest BCUT2D eigenvalue weighted by Gasteiger charge is 2.46. The minimum atomic E-state index is -3.34. The van der Waals surface area contributed by atoms with E-state index in [1.165, 1.54) is 11.0 Å². The fourth-order valence-corrected chi connectivity index (χ4v) is 5.28. The van der Waals surface area contributed by atoms with Gasteiger partial charge in [0.1, 0.15) is 5.82 Å². The van der Waals surface area contributed by atoms with Gasteiger partial charge in [-0.05, 0) is 31.0 Å². The Bertz CT molecular complexity index is 1280. The maximum atomic E-state index is 14.5. The van der Waals surface area contributed by atoms with Crippen LogP contribution in [0.25, 0.3) is 22.1 Å². The van der Waals surface area contributed by atoms with Crippen molar-refractivity contribution in [3.63, 3.8) is 0 Å². The molecule has 162 valence electrons. The number of hydrogen-bond acceptors (Lipinski definition) is 5. The van der Waals surface area contributed by atoms with Crippen molar-refractivity contribution < 1.29 is 22.1 Å². The standard InChI is InChI=1S/C21H21FN4O4S/c1-2-31(28,29)24-13-10-14-12-26(21(27)25(14)11-13)20-19-16(7-5-9-18(19)30-23-20)15-6-3-4-8-17(15)22/h3-9,13-14,24H,2,10-12H2,1H3/t13-,14-/m0/s1. The van der Waals surface area contributed by atoms with E-state index in [0.29, 0.717) is 47.4 Å². The molecule has 0 bridgehead atoms. The smallest absolute Gasteiger partial charge is 0.326 e. The molecule has 2 aliphatic heterocycles. The fourth-order valence-electron chi connectivity index (χ4n) is 4.43. The Morgan fingerprint density at radius 3 is 2.68 bits per heavy atom. The van der Waals surface area contributed by atoms with Gasteiger partial charge in [-0.1, -0.05) is 35.5 Å². The van der Waals surface area contributed by atoms with Crippen LogP contribution in [0.2, 0.25) is 0 Å². The molecule has 0 radical (unpaired) electrons. The van der Waals surface area contributed by atoms with E-state index < -0.39 is 10.0 Å². The number of fused-ring (bicyclic) bond motifs is 2. The van der Waals surface area contributed by atoms with Crippen molar-refractivity contribution in [2.45, 2.75) is 25.4 Å². The van der Waals surface area contributed by atoms with Gasteiger partial charge >= 0.3 is 6.03 Å². The monoisotopic (exact) mass is 444 g/mol. The Labute approximate surface area is 178 Å². The highest BCUT2D eigenvalue weighted by Crippen LogP contribution is 2.39. The molecule has 10 heteroatoms. The average Bonchev–Trinajstić information content (AvgIpc) is 3.42. The summed E-state index contributed by atoms with van der Waals surface area (Å²) in [5, 5.41) is 4.71. The van der Waals surface area contributed by atoms with E-state index in [-0.39, 0.29) is 29.7 Å². The Morgan fingerprint density at radius 2 is 1.94 bits per heavy atom. The van der Waals surface area contributed by atoms with Crippen molar-refractivity contribution in [1.82, 2.24) is 14.8 Å². The number of nitrogens with zero attached hydrogens (tertiary/aromatic N) is 3. The quantitative estimate of drug-likeness (QED) is 0.653. The van der Waals surface area contributed by atoms with Gasteiger partial charge in [0.05, 0.1) is 17.2 Å². The number of halogens is 1. The molecule has 0 spiro atoms. The number of anilines is 1. The minimum absolute atomic E-state index is 0.00199. The summed E-state index contributed by atoms with van der Waals surface area (Å²) in [5.41, 5.74) is 1.46. The molecule has 0 saturated carbocycles. The number of sulfonamides is 1. The van der Waals surface area contributed by atoms with Crippen LogP contribution in [0, 0.1) is 5.82 Å². The van der Waals surface area contributed by atoms with Gasteiger partial charge < -0.3 is 9.42 Å². The second kappa shape index (κ2) is 7.31. The third kappa shape index (κ3) is 3.35. The highest BCUT2D eigenvalue weighted by molar-refractivity contribution is 7.89. The average molecular weight is 444 g/mol. The number of carbonyl (C=O) groups excluding carboxylic acids is 1. The first-order chi connectivity index (χ1) is 14.9. The molecule has 2 fully saturated rings. The van der Waals surface area contributed by atoms with Crippen LogP contribution >= 0.6 is 0 Å². The molecule has 2 atom stereocenters. The normalized spacial score (nSPS) is 21.3. The largest absolute Gasteiger partial charge is 0.354 e. The number of amides is 2. The molecular formula is C21H21FN4O4S. The van der Waals surface area contributed by atoms with Gasteiger partial charge in [-0.2, -0.15) is 0 Å². The summed E-state index contributed by atoms with van der Waals surface area (Å²) in [6.07, 6.45) is 0.525. The molecule has 0 aliphatic carbocycles. The van der Waals surface area contributed by atoms with E-state index in [2.05, 4.69) is 9.88 Å². The van der Waals surface area contributed by atoms with Crippen molar-refractivity contribution >= 4 is 32.8 Å². The maximum Gasteiger partial charge on any atom is 0.326 e. The SMILES string of the molecule is CCS(=O)(=O)N[C@H]1C[C@H]2CN(c3noc4cccc(-c5ccccc5F)c34)C(=O)N2C1. The van der Waals surface area contributed by atoms with Gasteiger partial charge in [0.25, 0.3) is 0 Å². The lowest BCUT2D eigenvalue weighted by Crippen LogP contribution is -2.41. The van der Waals surface area contributed by atoms with Crippen molar-refractivity contribution in [2.24, 2.45) is 0 Å². The van der Waals surface area contributed by atoms with Crippen molar-refractivity contribution in [3.8, 4) is 11.1 Å². The van der Waals surface area contributed by atoms with Crippen molar-refractivity contribution in [1.29, 1.82) is 0 Å². The van der Waals surface area contributed by atoms with Gasteiger partial charge in [0.2, 0.25) is 10.0 Å². The molecule has 2 aromatic carbocycles.